The van der Waals surface area contributed by atoms with Crippen molar-refractivity contribution in [2.45, 2.75) is 38.3 Å². The molecule has 0 radical (unpaired) electrons. The quantitative estimate of drug-likeness (QED) is 0.890. The van der Waals surface area contributed by atoms with Gasteiger partial charge >= 0.3 is 0 Å². The summed E-state index contributed by atoms with van der Waals surface area (Å²) in [6.07, 6.45) is 6.20. The topological polar surface area (TPSA) is 33.1 Å². The lowest BCUT2D eigenvalue weighted by Crippen LogP contribution is -2.35. The number of benzene rings is 1. The summed E-state index contributed by atoms with van der Waals surface area (Å²) in [5, 5.41) is 7.97. The predicted molar refractivity (Wildman–Crippen MR) is 91.4 cm³/mol. The zero-order valence-electron chi connectivity index (χ0n) is 13.6. The van der Waals surface area contributed by atoms with Crippen LogP contribution in [0.25, 0.3) is 0 Å². The second-order valence-corrected chi connectivity index (χ2v) is 6.33. The molecule has 1 aromatic carbocycles. The Labute approximate surface area is 133 Å². The van der Waals surface area contributed by atoms with Gasteiger partial charge in [0, 0.05) is 56.7 Å². The third-order valence-electron chi connectivity index (χ3n) is 4.66. The smallest absolute Gasteiger partial charge is 0.0489 e. The fourth-order valence-corrected chi connectivity index (χ4v) is 3.22. The van der Waals surface area contributed by atoms with E-state index in [2.05, 4.69) is 53.6 Å². The van der Waals surface area contributed by atoms with Crippen LogP contribution in [0.1, 0.15) is 31.2 Å². The van der Waals surface area contributed by atoms with Crippen molar-refractivity contribution in [2.24, 2.45) is 0 Å². The summed E-state index contributed by atoms with van der Waals surface area (Å²) in [6, 6.07) is 11.3. The highest BCUT2D eigenvalue weighted by Crippen LogP contribution is 2.33. The van der Waals surface area contributed by atoms with Gasteiger partial charge in [-0.05, 0) is 37.5 Å². The van der Waals surface area contributed by atoms with Crippen molar-refractivity contribution in [2.75, 3.05) is 25.0 Å². The van der Waals surface area contributed by atoms with Crippen molar-refractivity contribution < 1.29 is 0 Å². The number of hydrogen-bond donors (Lipinski definition) is 1. The first kappa shape index (κ1) is 15.1. The van der Waals surface area contributed by atoms with Crippen LogP contribution in [0.5, 0.6) is 0 Å². The molecule has 118 valence electrons. The fraction of sp³-hybridized carbons (Fsp3) is 0.500. The second-order valence-electron chi connectivity index (χ2n) is 6.33. The van der Waals surface area contributed by atoms with Gasteiger partial charge in [0.2, 0.25) is 0 Å². The normalized spacial score (nSPS) is 19.0. The number of fused-ring (bicyclic) bond motifs is 1. The molecular weight excluding hydrogens is 272 g/mol. The molecule has 22 heavy (non-hydrogen) atoms. The largest absolute Gasteiger partial charge is 0.374 e. The Bertz CT molecular complexity index is 579. The number of hydrogen-bond acceptors (Lipinski definition) is 3. The minimum Gasteiger partial charge on any atom is -0.374 e. The number of rotatable bonds is 6. The average molecular weight is 298 g/mol. The minimum absolute atomic E-state index is 0.510. The van der Waals surface area contributed by atoms with E-state index >= 15 is 0 Å². The van der Waals surface area contributed by atoms with E-state index in [0.717, 1.165) is 26.1 Å². The highest BCUT2D eigenvalue weighted by molar-refractivity contribution is 5.56. The van der Waals surface area contributed by atoms with Gasteiger partial charge in [-0.2, -0.15) is 5.10 Å². The first-order valence-electron chi connectivity index (χ1n) is 8.25. The van der Waals surface area contributed by atoms with Gasteiger partial charge in [-0.15, -0.1) is 0 Å². The molecule has 0 saturated heterocycles. The summed E-state index contributed by atoms with van der Waals surface area (Å²) < 4.78 is 2.00. The van der Waals surface area contributed by atoms with Gasteiger partial charge in [-0.25, -0.2) is 0 Å². The summed E-state index contributed by atoms with van der Waals surface area (Å²) in [5.41, 5.74) is 2.88. The molecule has 1 N–H and O–H groups in total. The van der Waals surface area contributed by atoms with Crippen LogP contribution in [0.4, 0.5) is 5.69 Å². The van der Waals surface area contributed by atoms with Crippen molar-refractivity contribution in [3.8, 4) is 0 Å². The number of nitrogens with one attached hydrogen (secondary N) is 1. The first-order valence-corrected chi connectivity index (χ1v) is 8.25. The molecule has 1 aromatic heterocycles. The van der Waals surface area contributed by atoms with E-state index in [1.807, 2.05) is 23.1 Å². The molecule has 0 fully saturated rings. The Balaban J connectivity index is 1.52. The Morgan fingerprint density at radius 3 is 3.00 bits per heavy atom. The summed E-state index contributed by atoms with van der Waals surface area (Å²) >= 11 is 0. The molecule has 0 bridgehead atoms. The molecule has 4 nitrogen and oxygen atoms in total. The minimum atomic E-state index is 0.510. The van der Waals surface area contributed by atoms with E-state index in [9.17, 15) is 0 Å². The van der Waals surface area contributed by atoms with Gasteiger partial charge in [-0.1, -0.05) is 18.2 Å². The van der Waals surface area contributed by atoms with Crippen LogP contribution in [-0.4, -0.2) is 36.0 Å². The maximum Gasteiger partial charge on any atom is 0.0489 e. The lowest BCUT2D eigenvalue weighted by Gasteiger charge is -2.34. The molecule has 0 spiro atoms. The molecule has 2 heterocycles. The van der Waals surface area contributed by atoms with Crippen molar-refractivity contribution in [3.05, 3.63) is 48.3 Å². The maximum atomic E-state index is 4.26. The summed E-state index contributed by atoms with van der Waals surface area (Å²) in [5.74, 6) is 0.625. The molecule has 0 amide bonds. The lowest BCUT2D eigenvalue weighted by atomic mass is 9.90. The Hall–Kier alpha value is -1.81. The number of para-hydroxylation sites is 1. The highest BCUT2D eigenvalue weighted by atomic mass is 15.3. The zero-order valence-corrected chi connectivity index (χ0v) is 13.6. The van der Waals surface area contributed by atoms with E-state index in [1.54, 1.807) is 0 Å². The first-order chi connectivity index (χ1) is 10.7. The average Bonchev–Trinajstić information content (AvgIpc) is 3.06. The standard InChI is InChI=1S/C18H26N4/c1-15(8-13-22-11-5-10-20-22)19-14-16-9-12-21(2)18-7-4-3-6-17(16)18/h3-7,10-11,15-16,19H,8-9,12-14H2,1-2H3/t15-,16-/m0/s1. The van der Waals surface area contributed by atoms with Crippen LogP contribution >= 0.6 is 0 Å². The third-order valence-corrected chi connectivity index (χ3v) is 4.66. The maximum absolute atomic E-state index is 4.26. The molecule has 1 aliphatic rings. The molecule has 0 unspecified atom stereocenters. The van der Waals surface area contributed by atoms with Crippen LogP contribution in [0.2, 0.25) is 0 Å². The summed E-state index contributed by atoms with van der Waals surface area (Å²) in [6.45, 7) is 5.45. The van der Waals surface area contributed by atoms with Gasteiger partial charge in [0.15, 0.2) is 0 Å². The zero-order chi connectivity index (χ0) is 15.4. The Morgan fingerprint density at radius 2 is 2.18 bits per heavy atom. The fourth-order valence-electron chi connectivity index (χ4n) is 3.22. The van der Waals surface area contributed by atoms with Gasteiger partial charge in [-0.3, -0.25) is 4.68 Å². The number of anilines is 1. The van der Waals surface area contributed by atoms with Gasteiger partial charge in [0.25, 0.3) is 0 Å². The monoisotopic (exact) mass is 298 g/mol. The highest BCUT2D eigenvalue weighted by Gasteiger charge is 2.22. The van der Waals surface area contributed by atoms with Crippen molar-refractivity contribution in [3.63, 3.8) is 0 Å². The van der Waals surface area contributed by atoms with Crippen LogP contribution in [0.15, 0.2) is 42.7 Å². The summed E-state index contributed by atoms with van der Waals surface area (Å²) in [4.78, 5) is 2.37. The van der Waals surface area contributed by atoms with E-state index in [4.69, 9.17) is 0 Å². The van der Waals surface area contributed by atoms with Crippen molar-refractivity contribution >= 4 is 5.69 Å². The summed E-state index contributed by atoms with van der Waals surface area (Å²) in [7, 11) is 2.19. The molecule has 0 saturated carbocycles. The van der Waals surface area contributed by atoms with Crippen LogP contribution in [0.3, 0.4) is 0 Å². The molecule has 4 heteroatoms. The molecular formula is C18H26N4. The molecule has 0 aliphatic carbocycles. The Morgan fingerprint density at radius 1 is 1.32 bits per heavy atom. The van der Waals surface area contributed by atoms with Gasteiger partial charge < -0.3 is 10.2 Å². The SMILES string of the molecule is C[C@@H](CCn1cccn1)NC[C@@H]1CCN(C)c2ccccc21. The van der Waals surface area contributed by atoms with E-state index in [0.29, 0.717) is 12.0 Å². The third kappa shape index (κ3) is 3.50. The molecule has 3 rings (SSSR count). The number of nitrogens with zero attached hydrogens (tertiary/aromatic N) is 3. The van der Waals surface area contributed by atoms with E-state index < -0.39 is 0 Å². The van der Waals surface area contributed by atoms with Gasteiger partial charge in [0.1, 0.15) is 0 Å². The molecule has 1 aliphatic heterocycles. The number of aromatic nitrogens is 2. The van der Waals surface area contributed by atoms with E-state index in [-0.39, 0.29) is 0 Å². The lowest BCUT2D eigenvalue weighted by molar-refractivity contribution is 0.432. The van der Waals surface area contributed by atoms with Crippen LogP contribution in [0, 0.1) is 0 Å². The Kier molecular flexibility index (Phi) is 4.78. The predicted octanol–water partition coefficient (Wildman–Crippen LogP) is 2.88. The van der Waals surface area contributed by atoms with Crippen molar-refractivity contribution in [1.82, 2.24) is 15.1 Å². The number of aryl methyl sites for hydroxylation is 1. The van der Waals surface area contributed by atoms with E-state index in [1.165, 1.54) is 17.7 Å². The van der Waals surface area contributed by atoms with Crippen LogP contribution < -0.4 is 10.2 Å². The molecule has 2 aromatic rings. The second kappa shape index (κ2) is 6.97. The molecule has 2 atom stereocenters. The van der Waals surface area contributed by atoms with Crippen LogP contribution in [-0.2, 0) is 6.54 Å². The van der Waals surface area contributed by atoms with Gasteiger partial charge in [0.05, 0.1) is 0 Å². The van der Waals surface area contributed by atoms with Crippen molar-refractivity contribution in [1.29, 1.82) is 0 Å².